The molecule has 1 saturated carbocycles. The van der Waals surface area contributed by atoms with E-state index in [4.69, 9.17) is 10.6 Å². The van der Waals surface area contributed by atoms with Crippen LogP contribution in [0.25, 0.3) is 11.4 Å². The fraction of sp³-hybridized carbons (Fsp3) is 0.500. The zero-order valence-corrected chi connectivity index (χ0v) is 16.0. The lowest BCUT2D eigenvalue weighted by Gasteiger charge is -2.24. The third-order valence-electron chi connectivity index (χ3n) is 4.62. The monoisotopic (exact) mass is 375 g/mol. The van der Waals surface area contributed by atoms with Crippen molar-refractivity contribution in [1.29, 1.82) is 0 Å². The lowest BCUT2D eigenvalue weighted by molar-refractivity contribution is -0.121. The van der Waals surface area contributed by atoms with Gasteiger partial charge in [-0.05, 0) is 44.0 Å². The standard InChI is InChI=1S/C18H25N5O2S/c1-12(17(24)20-14-6-4-3-5-7-14)26-18-22-21-16(23(18)19)13-8-10-15(25-2)11-9-13/h8-12,14H,3-7,19H2,1-2H3,(H,20,24)/t12-/m0/s1. The molecule has 1 aromatic heterocycles. The molecule has 0 spiro atoms. The Morgan fingerprint density at radius 3 is 2.62 bits per heavy atom. The summed E-state index contributed by atoms with van der Waals surface area (Å²) in [6.07, 6.45) is 5.78. The Morgan fingerprint density at radius 1 is 1.27 bits per heavy atom. The van der Waals surface area contributed by atoms with Gasteiger partial charge in [-0.15, -0.1) is 10.2 Å². The molecule has 1 atom stereocenters. The summed E-state index contributed by atoms with van der Waals surface area (Å²) >= 11 is 1.32. The van der Waals surface area contributed by atoms with Gasteiger partial charge in [0.05, 0.1) is 12.4 Å². The first-order valence-corrected chi connectivity index (χ1v) is 9.78. The van der Waals surface area contributed by atoms with Crippen LogP contribution in [0.1, 0.15) is 39.0 Å². The highest BCUT2D eigenvalue weighted by molar-refractivity contribution is 8.00. The Hall–Kier alpha value is -2.22. The second-order valence-electron chi connectivity index (χ2n) is 6.51. The third kappa shape index (κ3) is 4.30. The number of amides is 1. The number of benzene rings is 1. The number of hydrogen-bond acceptors (Lipinski definition) is 6. The zero-order chi connectivity index (χ0) is 18.5. The van der Waals surface area contributed by atoms with Gasteiger partial charge in [-0.1, -0.05) is 31.0 Å². The molecular weight excluding hydrogens is 350 g/mol. The van der Waals surface area contributed by atoms with Gasteiger partial charge in [0.15, 0.2) is 5.82 Å². The van der Waals surface area contributed by atoms with Gasteiger partial charge < -0.3 is 15.9 Å². The normalized spacial score (nSPS) is 16.2. The number of thioether (sulfide) groups is 1. The molecule has 0 unspecified atom stereocenters. The summed E-state index contributed by atoms with van der Waals surface area (Å²) in [6.45, 7) is 1.87. The number of carbonyl (C=O) groups is 1. The van der Waals surface area contributed by atoms with Gasteiger partial charge in [0.2, 0.25) is 11.1 Å². The summed E-state index contributed by atoms with van der Waals surface area (Å²) in [5, 5.41) is 11.7. The maximum atomic E-state index is 12.4. The molecule has 3 rings (SSSR count). The summed E-state index contributed by atoms with van der Waals surface area (Å²) in [7, 11) is 1.62. The quantitative estimate of drug-likeness (QED) is 0.595. The number of carbonyl (C=O) groups excluding carboxylic acids is 1. The molecule has 0 aliphatic heterocycles. The van der Waals surface area contributed by atoms with Crippen molar-refractivity contribution in [1.82, 2.24) is 20.2 Å². The summed E-state index contributed by atoms with van der Waals surface area (Å²) < 4.78 is 6.59. The maximum Gasteiger partial charge on any atom is 0.233 e. The van der Waals surface area contributed by atoms with Crippen molar-refractivity contribution in [3.05, 3.63) is 24.3 Å². The van der Waals surface area contributed by atoms with Gasteiger partial charge in [0, 0.05) is 11.6 Å². The highest BCUT2D eigenvalue weighted by atomic mass is 32.2. The number of aromatic nitrogens is 3. The van der Waals surface area contributed by atoms with Gasteiger partial charge in [-0.3, -0.25) is 4.79 Å². The first-order valence-electron chi connectivity index (χ1n) is 8.90. The molecule has 2 aromatic rings. The molecule has 8 heteroatoms. The van der Waals surface area contributed by atoms with Gasteiger partial charge in [-0.25, -0.2) is 4.68 Å². The van der Waals surface area contributed by atoms with Crippen molar-refractivity contribution in [2.75, 3.05) is 13.0 Å². The van der Waals surface area contributed by atoms with E-state index in [9.17, 15) is 4.79 Å². The predicted molar refractivity (Wildman–Crippen MR) is 102 cm³/mol. The highest BCUT2D eigenvalue weighted by Gasteiger charge is 2.23. The number of ether oxygens (including phenoxy) is 1. The van der Waals surface area contributed by atoms with Crippen molar-refractivity contribution in [2.45, 2.75) is 55.5 Å². The Morgan fingerprint density at radius 2 is 1.96 bits per heavy atom. The van der Waals surface area contributed by atoms with Crippen molar-refractivity contribution >= 4 is 17.7 Å². The van der Waals surface area contributed by atoms with Crippen LogP contribution in [-0.4, -0.2) is 39.2 Å². The van der Waals surface area contributed by atoms with Crippen LogP contribution >= 0.6 is 11.8 Å². The van der Waals surface area contributed by atoms with Crippen LogP contribution in [0, 0.1) is 0 Å². The number of nitrogens with zero attached hydrogens (tertiary/aromatic N) is 3. The van der Waals surface area contributed by atoms with E-state index in [1.165, 1.54) is 35.7 Å². The van der Waals surface area contributed by atoms with E-state index in [0.29, 0.717) is 17.0 Å². The summed E-state index contributed by atoms with van der Waals surface area (Å²) in [5.74, 6) is 7.48. The molecule has 26 heavy (non-hydrogen) atoms. The van der Waals surface area contributed by atoms with Crippen LogP contribution in [0.4, 0.5) is 0 Å². The first kappa shape index (κ1) is 18.6. The van der Waals surface area contributed by atoms with E-state index in [2.05, 4.69) is 15.5 Å². The topological polar surface area (TPSA) is 95.1 Å². The average molecular weight is 375 g/mol. The molecule has 0 bridgehead atoms. The van der Waals surface area contributed by atoms with Crippen LogP contribution in [-0.2, 0) is 4.79 Å². The van der Waals surface area contributed by atoms with E-state index in [1.807, 2.05) is 31.2 Å². The molecule has 1 aromatic carbocycles. The third-order valence-corrected chi connectivity index (χ3v) is 5.67. The maximum absolute atomic E-state index is 12.4. The van der Waals surface area contributed by atoms with Crippen LogP contribution in [0.2, 0.25) is 0 Å². The van der Waals surface area contributed by atoms with Crippen LogP contribution in [0.5, 0.6) is 5.75 Å². The molecule has 3 N–H and O–H groups in total. The Bertz CT molecular complexity index is 741. The average Bonchev–Trinajstić information content (AvgIpc) is 3.03. The fourth-order valence-corrected chi connectivity index (χ4v) is 3.85. The Kier molecular flexibility index (Phi) is 6.03. The summed E-state index contributed by atoms with van der Waals surface area (Å²) in [4.78, 5) is 12.4. The Labute approximate surface area is 157 Å². The minimum absolute atomic E-state index is 0.0240. The smallest absolute Gasteiger partial charge is 0.233 e. The van der Waals surface area contributed by atoms with Gasteiger partial charge in [-0.2, -0.15) is 0 Å². The largest absolute Gasteiger partial charge is 0.497 e. The Balaban J connectivity index is 1.64. The van der Waals surface area contributed by atoms with E-state index in [1.54, 1.807) is 7.11 Å². The zero-order valence-electron chi connectivity index (χ0n) is 15.1. The van der Waals surface area contributed by atoms with Crippen LogP contribution in [0.15, 0.2) is 29.4 Å². The van der Waals surface area contributed by atoms with Crippen LogP contribution < -0.4 is 15.9 Å². The number of methoxy groups -OCH3 is 1. The van der Waals surface area contributed by atoms with Crippen molar-refractivity contribution in [3.8, 4) is 17.1 Å². The molecule has 1 amide bonds. The van der Waals surface area contributed by atoms with E-state index < -0.39 is 0 Å². The van der Waals surface area contributed by atoms with Crippen LogP contribution in [0.3, 0.4) is 0 Å². The lowest BCUT2D eigenvalue weighted by atomic mass is 9.95. The molecule has 1 aliphatic rings. The molecule has 0 radical (unpaired) electrons. The number of nitrogens with one attached hydrogen (secondary N) is 1. The van der Waals surface area contributed by atoms with Crippen molar-refractivity contribution < 1.29 is 9.53 Å². The van der Waals surface area contributed by atoms with E-state index in [-0.39, 0.29) is 11.2 Å². The molecule has 140 valence electrons. The molecule has 7 nitrogen and oxygen atoms in total. The summed E-state index contributed by atoms with van der Waals surface area (Å²) in [6, 6.07) is 7.73. The second-order valence-corrected chi connectivity index (χ2v) is 7.82. The molecule has 1 fully saturated rings. The molecule has 1 aliphatic carbocycles. The number of rotatable bonds is 6. The summed E-state index contributed by atoms with van der Waals surface area (Å²) in [5.41, 5.74) is 0.840. The number of hydrogen-bond donors (Lipinski definition) is 2. The highest BCUT2D eigenvalue weighted by Crippen LogP contribution is 2.26. The van der Waals surface area contributed by atoms with Crippen molar-refractivity contribution in [2.24, 2.45) is 0 Å². The molecule has 0 saturated heterocycles. The first-order chi connectivity index (χ1) is 12.6. The number of nitrogens with two attached hydrogens (primary N) is 1. The SMILES string of the molecule is COc1ccc(-c2nnc(S[C@@H](C)C(=O)NC3CCCCC3)n2N)cc1. The second kappa shape index (κ2) is 8.44. The fourth-order valence-electron chi connectivity index (χ4n) is 3.07. The van der Waals surface area contributed by atoms with Gasteiger partial charge in [0.1, 0.15) is 5.75 Å². The van der Waals surface area contributed by atoms with E-state index >= 15 is 0 Å². The minimum atomic E-state index is -0.285. The van der Waals surface area contributed by atoms with Gasteiger partial charge >= 0.3 is 0 Å². The van der Waals surface area contributed by atoms with Crippen molar-refractivity contribution in [3.63, 3.8) is 0 Å². The number of nitrogen functional groups attached to an aromatic ring is 1. The predicted octanol–water partition coefficient (Wildman–Crippen LogP) is 2.60. The molecule has 1 heterocycles. The lowest BCUT2D eigenvalue weighted by Crippen LogP contribution is -2.40. The molecular formula is C18H25N5O2S. The minimum Gasteiger partial charge on any atom is -0.497 e. The van der Waals surface area contributed by atoms with Gasteiger partial charge in [0.25, 0.3) is 0 Å². The van der Waals surface area contributed by atoms with E-state index in [0.717, 1.165) is 24.2 Å².